The third-order valence-electron chi connectivity index (χ3n) is 6.70. The van der Waals surface area contributed by atoms with Gasteiger partial charge in [0.25, 0.3) is 11.8 Å². The average molecular weight is 492 g/mol. The van der Waals surface area contributed by atoms with Gasteiger partial charge in [0.05, 0.1) is 21.3 Å². The lowest BCUT2D eigenvalue weighted by atomic mass is 9.75. The molecule has 0 bridgehead atoms. The number of carbonyl (C=O) groups excluding carboxylic acids is 4. The Morgan fingerprint density at radius 2 is 1.69 bits per heavy atom. The molecule has 3 rings (SSSR count). The first-order valence-electron chi connectivity index (χ1n) is 11.6. The van der Waals surface area contributed by atoms with Crippen molar-refractivity contribution in [2.45, 2.75) is 51.1 Å². The molecule has 1 aliphatic heterocycles. The van der Waals surface area contributed by atoms with E-state index in [1.165, 1.54) is 21.3 Å². The summed E-state index contributed by atoms with van der Waals surface area (Å²) in [6.45, 7) is 1.11. The van der Waals surface area contributed by atoms with Crippen LogP contribution in [0.4, 0.5) is 4.79 Å². The highest BCUT2D eigenvalue weighted by Gasteiger charge is 2.52. The molecule has 1 aromatic rings. The fourth-order valence-electron chi connectivity index (χ4n) is 4.53. The Kier molecular flexibility index (Phi) is 8.42. The Morgan fingerprint density at radius 3 is 2.29 bits per heavy atom. The summed E-state index contributed by atoms with van der Waals surface area (Å²) in [5, 5.41) is 5.40. The van der Waals surface area contributed by atoms with Gasteiger partial charge in [-0.2, -0.15) is 0 Å². The van der Waals surface area contributed by atoms with Crippen LogP contribution in [0, 0.1) is 5.92 Å². The van der Waals surface area contributed by atoms with E-state index in [9.17, 15) is 19.2 Å². The van der Waals surface area contributed by atoms with Crippen molar-refractivity contribution in [1.29, 1.82) is 0 Å². The summed E-state index contributed by atoms with van der Waals surface area (Å²) >= 11 is 0. The summed E-state index contributed by atoms with van der Waals surface area (Å²) in [7, 11) is 4.49. The number of esters is 1. The lowest BCUT2D eigenvalue weighted by Crippen LogP contribution is -2.49. The van der Waals surface area contributed by atoms with Crippen molar-refractivity contribution >= 4 is 23.8 Å². The molecular weight excluding hydrogens is 458 g/mol. The molecule has 2 fully saturated rings. The van der Waals surface area contributed by atoms with Gasteiger partial charge in [-0.3, -0.25) is 19.3 Å². The van der Waals surface area contributed by atoms with Crippen LogP contribution in [-0.2, 0) is 25.7 Å². The minimum absolute atomic E-state index is 0.0915. The van der Waals surface area contributed by atoms with E-state index < -0.39 is 42.5 Å². The van der Waals surface area contributed by atoms with Gasteiger partial charge in [0, 0.05) is 18.2 Å². The molecule has 0 radical (unpaired) electrons. The fourth-order valence-corrected chi connectivity index (χ4v) is 4.53. The third-order valence-corrected chi connectivity index (χ3v) is 6.70. The Bertz CT molecular complexity index is 972. The van der Waals surface area contributed by atoms with Crippen molar-refractivity contribution in [1.82, 2.24) is 15.5 Å². The Hall–Kier alpha value is -3.50. The monoisotopic (exact) mass is 491 g/mol. The fraction of sp³-hybridized carbons (Fsp3) is 0.583. The lowest BCUT2D eigenvalue weighted by molar-refractivity contribution is -0.151. The van der Waals surface area contributed by atoms with Crippen LogP contribution in [0.3, 0.4) is 0 Å². The van der Waals surface area contributed by atoms with Crippen molar-refractivity contribution in [3.8, 4) is 17.2 Å². The standard InChI is InChI=1S/C24H33N3O8/c1-5-15-6-8-24(9-7-15)22(30)27(23(31)26-24)13-21(29)35-14-20(28)25-12-16-10-18(33-3)19(34-4)11-17(16)32-2/h10-11,15H,5-9,12-14H2,1-4H3,(H,25,28)(H,26,31). The second kappa shape index (κ2) is 11.3. The summed E-state index contributed by atoms with van der Waals surface area (Å²) in [6, 6.07) is 2.71. The molecule has 2 aliphatic rings. The van der Waals surface area contributed by atoms with Crippen molar-refractivity contribution < 1.29 is 38.1 Å². The van der Waals surface area contributed by atoms with Gasteiger partial charge in [-0.1, -0.05) is 13.3 Å². The van der Waals surface area contributed by atoms with Gasteiger partial charge >= 0.3 is 12.0 Å². The number of hydrogen-bond donors (Lipinski definition) is 2. The minimum atomic E-state index is -0.932. The van der Waals surface area contributed by atoms with E-state index in [1.54, 1.807) is 12.1 Å². The molecule has 1 saturated carbocycles. The zero-order chi connectivity index (χ0) is 25.6. The average Bonchev–Trinajstić information content (AvgIpc) is 3.09. The SMILES string of the molecule is CCC1CCC2(CC1)NC(=O)N(CC(=O)OCC(=O)NCc1cc(OC)c(OC)cc1OC)C2=O. The number of amides is 4. The third kappa shape index (κ3) is 5.77. The molecule has 1 heterocycles. The topological polar surface area (TPSA) is 133 Å². The zero-order valence-electron chi connectivity index (χ0n) is 20.6. The van der Waals surface area contributed by atoms with E-state index in [4.69, 9.17) is 18.9 Å². The molecule has 0 unspecified atom stereocenters. The van der Waals surface area contributed by atoms with Crippen LogP contribution in [-0.4, -0.2) is 68.7 Å². The Labute approximate surface area is 204 Å². The van der Waals surface area contributed by atoms with E-state index in [-0.39, 0.29) is 6.54 Å². The van der Waals surface area contributed by atoms with E-state index in [0.717, 1.165) is 24.2 Å². The lowest BCUT2D eigenvalue weighted by Gasteiger charge is -2.34. The Morgan fingerprint density at radius 1 is 1.06 bits per heavy atom. The number of imide groups is 1. The number of rotatable bonds is 10. The molecule has 4 amide bonds. The van der Waals surface area contributed by atoms with Crippen molar-refractivity contribution in [2.24, 2.45) is 5.92 Å². The van der Waals surface area contributed by atoms with Crippen LogP contribution in [0.1, 0.15) is 44.6 Å². The highest BCUT2D eigenvalue weighted by molar-refractivity contribution is 6.08. The van der Waals surface area contributed by atoms with E-state index >= 15 is 0 Å². The second-order valence-electron chi connectivity index (χ2n) is 8.71. The number of nitrogens with one attached hydrogen (secondary N) is 2. The van der Waals surface area contributed by atoms with Crippen LogP contribution in [0.15, 0.2) is 12.1 Å². The van der Waals surface area contributed by atoms with Gasteiger partial charge in [-0.15, -0.1) is 0 Å². The number of benzene rings is 1. The molecule has 35 heavy (non-hydrogen) atoms. The smallest absolute Gasteiger partial charge is 0.326 e. The van der Waals surface area contributed by atoms with Crippen molar-refractivity contribution in [3.05, 3.63) is 17.7 Å². The normalized spacial score (nSPS) is 21.5. The maximum atomic E-state index is 12.9. The van der Waals surface area contributed by atoms with Gasteiger partial charge in [0.1, 0.15) is 17.8 Å². The zero-order valence-corrected chi connectivity index (χ0v) is 20.6. The van der Waals surface area contributed by atoms with Crippen molar-refractivity contribution in [3.63, 3.8) is 0 Å². The molecule has 0 atom stereocenters. The number of nitrogens with zero attached hydrogens (tertiary/aromatic N) is 1. The molecule has 11 nitrogen and oxygen atoms in total. The predicted octanol–water partition coefficient (Wildman–Crippen LogP) is 1.76. The number of carbonyl (C=O) groups is 4. The van der Waals surface area contributed by atoms with Gasteiger partial charge in [0.15, 0.2) is 18.1 Å². The summed E-state index contributed by atoms with van der Waals surface area (Å²) in [6.07, 6.45) is 3.86. The highest BCUT2D eigenvalue weighted by atomic mass is 16.5. The van der Waals surface area contributed by atoms with Crippen molar-refractivity contribution in [2.75, 3.05) is 34.5 Å². The summed E-state index contributed by atoms with van der Waals surface area (Å²) in [4.78, 5) is 50.6. The molecule has 11 heteroatoms. The quantitative estimate of drug-likeness (QED) is 0.374. The number of urea groups is 1. The second-order valence-corrected chi connectivity index (χ2v) is 8.71. The molecule has 1 saturated heterocycles. The summed E-state index contributed by atoms with van der Waals surface area (Å²) in [5.41, 5.74) is -0.300. The molecule has 2 N–H and O–H groups in total. The Balaban J connectivity index is 1.49. The molecule has 1 spiro atoms. The number of ether oxygens (including phenoxy) is 4. The van der Waals surface area contributed by atoms with E-state index in [2.05, 4.69) is 17.6 Å². The van der Waals surface area contributed by atoms with Gasteiger partial charge in [0.2, 0.25) is 0 Å². The van der Waals surface area contributed by atoms with Crippen LogP contribution in [0.25, 0.3) is 0 Å². The summed E-state index contributed by atoms with van der Waals surface area (Å²) in [5.74, 6) is 0.183. The van der Waals surface area contributed by atoms with E-state index in [1.807, 2.05) is 0 Å². The maximum Gasteiger partial charge on any atom is 0.326 e. The summed E-state index contributed by atoms with van der Waals surface area (Å²) < 4.78 is 20.8. The van der Waals surface area contributed by atoms with Gasteiger partial charge < -0.3 is 29.6 Å². The molecule has 1 aromatic carbocycles. The molecule has 1 aliphatic carbocycles. The van der Waals surface area contributed by atoms with Gasteiger partial charge in [-0.05, 0) is 37.7 Å². The van der Waals surface area contributed by atoms with Crippen LogP contribution >= 0.6 is 0 Å². The largest absolute Gasteiger partial charge is 0.496 e. The highest BCUT2D eigenvalue weighted by Crippen LogP contribution is 2.37. The first-order chi connectivity index (χ1) is 16.8. The maximum absolute atomic E-state index is 12.9. The first kappa shape index (κ1) is 26.1. The van der Waals surface area contributed by atoms with Crippen LogP contribution in [0.2, 0.25) is 0 Å². The minimum Gasteiger partial charge on any atom is -0.496 e. The molecular formula is C24H33N3O8. The number of hydrogen-bond acceptors (Lipinski definition) is 8. The van der Waals surface area contributed by atoms with Gasteiger partial charge in [-0.25, -0.2) is 4.79 Å². The molecule has 0 aromatic heterocycles. The number of methoxy groups -OCH3 is 3. The van der Waals surface area contributed by atoms with Crippen LogP contribution in [0.5, 0.6) is 17.2 Å². The first-order valence-corrected chi connectivity index (χ1v) is 11.6. The predicted molar refractivity (Wildman–Crippen MR) is 124 cm³/mol. The van der Waals surface area contributed by atoms with E-state index in [0.29, 0.717) is 41.6 Å². The van der Waals surface area contributed by atoms with Crippen LogP contribution < -0.4 is 24.8 Å². The molecule has 192 valence electrons.